The van der Waals surface area contributed by atoms with Gasteiger partial charge < -0.3 is 15.1 Å². The van der Waals surface area contributed by atoms with Gasteiger partial charge in [0.1, 0.15) is 0 Å². The maximum Gasteiger partial charge on any atom is 0.225 e. The van der Waals surface area contributed by atoms with Crippen LogP contribution in [0.1, 0.15) is 24.0 Å². The minimum absolute atomic E-state index is 0.0175. The molecule has 1 unspecified atom stereocenters. The van der Waals surface area contributed by atoms with E-state index in [1.807, 2.05) is 6.07 Å². The van der Waals surface area contributed by atoms with E-state index in [-0.39, 0.29) is 11.8 Å². The summed E-state index contributed by atoms with van der Waals surface area (Å²) in [5.41, 5.74) is 2.48. The van der Waals surface area contributed by atoms with Crippen molar-refractivity contribution in [1.82, 2.24) is 25.1 Å². The highest BCUT2D eigenvalue weighted by Crippen LogP contribution is 2.20. The summed E-state index contributed by atoms with van der Waals surface area (Å²) in [6.07, 6.45) is 5.40. The zero-order valence-corrected chi connectivity index (χ0v) is 17.8. The molecule has 2 saturated heterocycles. The fourth-order valence-corrected chi connectivity index (χ4v) is 4.26. The molecule has 0 radical (unpaired) electrons. The third-order valence-electron chi connectivity index (χ3n) is 6.09. The predicted octanol–water partition coefficient (Wildman–Crippen LogP) is 1.76. The molecule has 1 atom stereocenters. The third-order valence-corrected chi connectivity index (χ3v) is 6.09. The highest BCUT2D eigenvalue weighted by molar-refractivity contribution is 5.79. The van der Waals surface area contributed by atoms with Gasteiger partial charge in [0, 0.05) is 64.8 Å². The maximum absolute atomic E-state index is 12.8. The molecule has 0 spiro atoms. The number of nitrogens with zero attached hydrogens (tertiary/aromatic N) is 5. The Morgan fingerprint density at radius 2 is 1.83 bits per heavy atom. The van der Waals surface area contributed by atoms with Crippen LogP contribution in [0.3, 0.4) is 0 Å². The van der Waals surface area contributed by atoms with E-state index in [4.69, 9.17) is 0 Å². The van der Waals surface area contributed by atoms with Crippen LogP contribution in [0.4, 0.5) is 5.95 Å². The first-order valence-electron chi connectivity index (χ1n) is 11.0. The second kappa shape index (κ2) is 10.00. The van der Waals surface area contributed by atoms with E-state index in [0.29, 0.717) is 19.0 Å². The Balaban J connectivity index is 1.28. The number of anilines is 1. The molecule has 1 aromatic carbocycles. The van der Waals surface area contributed by atoms with Crippen molar-refractivity contribution in [2.75, 3.05) is 51.2 Å². The number of hydrogen-bond acceptors (Lipinski definition) is 6. The lowest BCUT2D eigenvalue weighted by atomic mass is 9.97. The van der Waals surface area contributed by atoms with Crippen molar-refractivity contribution in [2.24, 2.45) is 5.92 Å². The van der Waals surface area contributed by atoms with Gasteiger partial charge in [0.15, 0.2) is 0 Å². The molecule has 4 rings (SSSR count). The monoisotopic (exact) mass is 408 g/mol. The lowest BCUT2D eigenvalue weighted by molar-refractivity contribution is -0.125. The second-order valence-corrected chi connectivity index (χ2v) is 8.45. The Labute approximate surface area is 179 Å². The highest BCUT2D eigenvalue weighted by Gasteiger charge is 2.26. The molecule has 2 aliphatic rings. The fourth-order valence-electron chi connectivity index (χ4n) is 4.26. The molecule has 3 heterocycles. The zero-order valence-electron chi connectivity index (χ0n) is 17.8. The van der Waals surface area contributed by atoms with Crippen LogP contribution in [-0.4, -0.2) is 72.0 Å². The Morgan fingerprint density at radius 3 is 2.63 bits per heavy atom. The normalized spacial score (nSPS) is 20.8. The smallest absolute Gasteiger partial charge is 0.225 e. The lowest BCUT2D eigenvalue weighted by Crippen LogP contribution is -2.44. The van der Waals surface area contributed by atoms with E-state index in [2.05, 4.69) is 61.3 Å². The Bertz CT molecular complexity index is 821. The predicted molar refractivity (Wildman–Crippen MR) is 118 cm³/mol. The van der Waals surface area contributed by atoms with Gasteiger partial charge in [-0.25, -0.2) is 9.97 Å². The van der Waals surface area contributed by atoms with Crippen molar-refractivity contribution in [3.8, 4) is 0 Å². The summed E-state index contributed by atoms with van der Waals surface area (Å²) < 4.78 is 0. The van der Waals surface area contributed by atoms with Gasteiger partial charge in [-0.15, -0.1) is 0 Å². The van der Waals surface area contributed by atoms with Gasteiger partial charge in [0.2, 0.25) is 11.9 Å². The number of piperazine rings is 1. The SMILES string of the molecule is CN1CCN(Cc2cccc(CNC(=O)C3CCCN(c4ncccn4)C3)c2)CC1. The number of nitrogens with one attached hydrogen (secondary N) is 1. The lowest BCUT2D eigenvalue weighted by Gasteiger charge is -2.32. The standard InChI is InChI=1S/C23H32N6O/c1-27-11-13-28(14-12-27)17-20-6-2-5-19(15-20)16-26-22(30)21-7-3-10-29(18-21)23-24-8-4-9-25-23/h2,4-6,8-9,15,21H,3,7,10-14,16-18H2,1H3,(H,26,30). The maximum atomic E-state index is 12.8. The largest absolute Gasteiger partial charge is 0.352 e. The highest BCUT2D eigenvalue weighted by atomic mass is 16.1. The molecule has 2 fully saturated rings. The molecule has 1 amide bonds. The first-order valence-corrected chi connectivity index (χ1v) is 11.0. The summed E-state index contributed by atoms with van der Waals surface area (Å²) in [6, 6.07) is 10.4. The van der Waals surface area contributed by atoms with Gasteiger partial charge in [0.25, 0.3) is 0 Å². The summed E-state index contributed by atoms with van der Waals surface area (Å²) in [5.74, 6) is 0.822. The Morgan fingerprint density at radius 1 is 1.07 bits per heavy atom. The number of amides is 1. The quantitative estimate of drug-likeness (QED) is 0.786. The van der Waals surface area contributed by atoms with E-state index >= 15 is 0 Å². The number of carbonyl (C=O) groups excluding carboxylic acids is 1. The molecule has 1 aromatic heterocycles. The minimum atomic E-state index is -0.0175. The average Bonchev–Trinajstić information content (AvgIpc) is 2.80. The van der Waals surface area contributed by atoms with Crippen LogP contribution >= 0.6 is 0 Å². The number of rotatable bonds is 6. The van der Waals surface area contributed by atoms with Crippen LogP contribution in [0.15, 0.2) is 42.7 Å². The molecular weight excluding hydrogens is 376 g/mol. The molecule has 160 valence electrons. The number of aromatic nitrogens is 2. The van der Waals surface area contributed by atoms with E-state index in [0.717, 1.165) is 57.7 Å². The van der Waals surface area contributed by atoms with Crippen molar-refractivity contribution >= 4 is 11.9 Å². The number of benzene rings is 1. The van der Waals surface area contributed by atoms with Crippen LogP contribution < -0.4 is 10.2 Å². The van der Waals surface area contributed by atoms with Crippen molar-refractivity contribution < 1.29 is 4.79 Å². The Kier molecular flexibility index (Phi) is 6.92. The van der Waals surface area contributed by atoms with Crippen molar-refractivity contribution in [1.29, 1.82) is 0 Å². The molecule has 0 aliphatic carbocycles. The van der Waals surface area contributed by atoms with Gasteiger partial charge in [-0.2, -0.15) is 0 Å². The molecule has 0 saturated carbocycles. The van der Waals surface area contributed by atoms with E-state index in [9.17, 15) is 4.79 Å². The number of hydrogen-bond donors (Lipinski definition) is 1. The second-order valence-electron chi connectivity index (χ2n) is 8.45. The number of piperidine rings is 1. The van der Waals surface area contributed by atoms with Crippen LogP contribution in [0, 0.1) is 5.92 Å². The summed E-state index contributed by atoms with van der Waals surface area (Å²) in [5, 5.41) is 3.15. The van der Waals surface area contributed by atoms with Gasteiger partial charge in [-0.1, -0.05) is 24.3 Å². The van der Waals surface area contributed by atoms with Crippen LogP contribution in [-0.2, 0) is 17.9 Å². The topological polar surface area (TPSA) is 64.6 Å². The number of carbonyl (C=O) groups is 1. The van der Waals surface area contributed by atoms with E-state index in [1.165, 1.54) is 5.56 Å². The molecule has 7 nitrogen and oxygen atoms in total. The number of likely N-dealkylation sites (N-methyl/N-ethyl adjacent to an activating group) is 1. The third kappa shape index (κ3) is 5.55. The van der Waals surface area contributed by atoms with Gasteiger partial charge >= 0.3 is 0 Å². The molecule has 0 bridgehead atoms. The molecule has 30 heavy (non-hydrogen) atoms. The summed E-state index contributed by atoms with van der Waals surface area (Å²) >= 11 is 0. The van der Waals surface area contributed by atoms with Crippen molar-refractivity contribution in [3.63, 3.8) is 0 Å². The Hall–Kier alpha value is -2.51. The summed E-state index contributed by atoms with van der Waals surface area (Å²) in [7, 11) is 2.18. The molecule has 2 aliphatic heterocycles. The van der Waals surface area contributed by atoms with Gasteiger partial charge in [0.05, 0.1) is 5.92 Å². The van der Waals surface area contributed by atoms with Crippen LogP contribution in [0.5, 0.6) is 0 Å². The van der Waals surface area contributed by atoms with Crippen LogP contribution in [0.25, 0.3) is 0 Å². The first kappa shape index (κ1) is 20.8. The van der Waals surface area contributed by atoms with Gasteiger partial charge in [-0.05, 0) is 37.1 Å². The summed E-state index contributed by atoms with van der Waals surface area (Å²) in [6.45, 7) is 7.62. The zero-order chi connectivity index (χ0) is 20.8. The van der Waals surface area contributed by atoms with Crippen molar-refractivity contribution in [2.45, 2.75) is 25.9 Å². The minimum Gasteiger partial charge on any atom is -0.352 e. The van der Waals surface area contributed by atoms with Gasteiger partial charge in [-0.3, -0.25) is 9.69 Å². The van der Waals surface area contributed by atoms with E-state index in [1.54, 1.807) is 12.4 Å². The molecule has 2 aromatic rings. The van der Waals surface area contributed by atoms with Crippen LogP contribution in [0.2, 0.25) is 0 Å². The summed E-state index contributed by atoms with van der Waals surface area (Å²) in [4.78, 5) is 28.4. The molecule has 7 heteroatoms. The average molecular weight is 409 g/mol. The fraction of sp³-hybridized carbons (Fsp3) is 0.522. The first-order chi connectivity index (χ1) is 14.7. The van der Waals surface area contributed by atoms with E-state index < -0.39 is 0 Å². The molecule has 1 N–H and O–H groups in total. The van der Waals surface area contributed by atoms with Crippen molar-refractivity contribution in [3.05, 3.63) is 53.9 Å². The molecular formula is C23H32N6O.